The van der Waals surface area contributed by atoms with Crippen LogP contribution in [0.3, 0.4) is 0 Å². The van der Waals surface area contributed by atoms with Gasteiger partial charge in [-0.2, -0.15) is 0 Å². The van der Waals surface area contributed by atoms with Gasteiger partial charge >= 0.3 is 0 Å². The molecule has 1 unspecified atom stereocenters. The van der Waals surface area contributed by atoms with Crippen molar-refractivity contribution < 1.29 is 0 Å². The Morgan fingerprint density at radius 1 is 1.50 bits per heavy atom. The molecule has 1 aliphatic carbocycles. The van der Waals surface area contributed by atoms with E-state index < -0.39 is 0 Å². The Balaban J connectivity index is 2.15. The molecule has 0 spiro atoms. The zero-order valence-electron chi connectivity index (χ0n) is 9.08. The first-order valence-electron chi connectivity index (χ1n) is 5.19. The van der Waals surface area contributed by atoms with E-state index >= 15 is 0 Å². The van der Waals surface area contributed by atoms with Gasteiger partial charge in [0.05, 0.1) is 11.7 Å². The first kappa shape index (κ1) is 10.1. The molecule has 14 heavy (non-hydrogen) atoms. The molecule has 1 aromatic heterocycles. The lowest BCUT2D eigenvalue weighted by molar-refractivity contribution is 0.326. The quantitative estimate of drug-likeness (QED) is 0.814. The van der Waals surface area contributed by atoms with E-state index in [-0.39, 0.29) is 11.5 Å². The molecule has 1 atom stereocenters. The lowest BCUT2D eigenvalue weighted by Crippen LogP contribution is -2.26. The summed E-state index contributed by atoms with van der Waals surface area (Å²) < 4.78 is 0. The Morgan fingerprint density at radius 3 is 2.64 bits per heavy atom. The minimum atomic E-state index is 0.0694. The highest BCUT2D eigenvalue weighted by atomic mass is 32.1. The van der Waals surface area contributed by atoms with Crippen molar-refractivity contribution in [2.24, 2.45) is 11.1 Å². The van der Waals surface area contributed by atoms with Gasteiger partial charge in [0.1, 0.15) is 5.01 Å². The lowest BCUT2D eigenvalue weighted by atomic mass is 9.88. The molecule has 0 bridgehead atoms. The topological polar surface area (TPSA) is 38.9 Å². The number of hydrogen-bond acceptors (Lipinski definition) is 3. The highest BCUT2D eigenvalue weighted by Gasteiger charge is 2.29. The third kappa shape index (κ3) is 1.98. The normalized spacial score (nSPS) is 19.7. The summed E-state index contributed by atoms with van der Waals surface area (Å²) in [7, 11) is 0. The molecule has 0 aromatic carbocycles. The van der Waals surface area contributed by atoms with Gasteiger partial charge in [-0.15, -0.1) is 11.3 Å². The monoisotopic (exact) mass is 210 g/mol. The van der Waals surface area contributed by atoms with E-state index in [0.29, 0.717) is 0 Å². The number of aromatic nitrogens is 1. The fourth-order valence-electron chi connectivity index (χ4n) is 1.38. The van der Waals surface area contributed by atoms with Gasteiger partial charge in [-0.1, -0.05) is 20.8 Å². The summed E-state index contributed by atoms with van der Waals surface area (Å²) in [6.45, 7) is 6.49. The van der Waals surface area contributed by atoms with Crippen LogP contribution in [0.4, 0.5) is 0 Å². The summed E-state index contributed by atoms with van der Waals surface area (Å²) >= 11 is 1.72. The predicted octanol–water partition coefficient (Wildman–Crippen LogP) is 3.07. The molecule has 2 rings (SSSR count). The summed E-state index contributed by atoms with van der Waals surface area (Å²) in [5.41, 5.74) is 7.53. The Labute approximate surface area is 89.5 Å². The lowest BCUT2D eigenvalue weighted by Gasteiger charge is -2.24. The standard InChI is InChI=1S/C11H18N2S/c1-11(2,3)9(12)10-13-8(6-14-10)7-4-5-7/h6-7,9H,4-5,12H2,1-3H3. The molecule has 1 saturated carbocycles. The van der Waals surface area contributed by atoms with Crippen LogP contribution in [0.25, 0.3) is 0 Å². The predicted molar refractivity (Wildman–Crippen MR) is 60.5 cm³/mol. The average molecular weight is 210 g/mol. The third-order valence-corrected chi connectivity index (χ3v) is 3.68. The molecule has 1 aromatic rings. The molecular weight excluding hydrogens is 192 g/mol. The molecule has 0 aliphatic heterocycles. The molecule has 2 N–H and O–H groups in total. The SMILES string of the molecule is CC(C)(C)C(N)c1nc(C2CC2)cs1. The number of hydrogen-bond donors (Lipinski definition) is 1. The van der Waals surface area contributed by atoms with Gasteiger partial charge in [-0.05, 0) is 18.3 Å². The zero-order valence-corrected chi connectivity index (χ0v) is 9.90. The van der Waals surface area contributed by atoms with Crippen molar-refractivity contribution in [3.8, 4) is 0 Å². The van der Waals surface area contributed by atoms with Crippen LogP contribution in [0, 0.1) is 5.41 Å². The number of nitrogens with zero attached hydrogens (tertiary/aromatic N) is 1. The van der Waals surface area contributed by atoms with Crippen molar-refractivity contribution in [1.82, 2.24) is 4.98 Å². The maximum Gasteiger partial charge on any atom is 0.110 e. The highest BCUT2D eigenvalue weighted by molar-refractivity contribution is 7.09. The Kier molecular flexibility index (Phi) is 2.40. The van der Waals surface area contributed by atoms with Crippen LogP contribution in [0.5, 0.6) is 0 Å². The van der Waals surface area contributed by atoms with Gasteiger partial charge in [-0.25, -0.2) is 4.98 Å². The van der Waals surface area contributed by atoms with Gasteiger partial charge in [-0.3, -0.25) is 0 Å². The van der Waals surface area contributed by atoms with Crippen LogP contribution in [0.15, 0.2) is 5.38 Å². The fraction of sp³-hybridized carbons (Fsp3) is 0.727. The fourth-order valence-corrected chi connectivity index (χ4v) is 2.53. The molecule has 0 saturated heterocycles. The zero-order chi connectivity index (χ0) is 10.3. The van der Waals surface area contributed by atoms with Gasteiger partial charge < -0.3 is 5.73 Å². The average Bonchev–Trinajstić information content (AvgIpc) is 2.82. The molecule has 78 valence electrons. The third-order valence-electron chi connectivity index (χ3n) is 2.73. The van der Waals surface area contributed by atoms with E-state index in [4.69, 9.17) is 5.73 Å². The van der Waals surface area contributed by atoms with Gasteiger partial charge in [0, 0.05) is 11.3 Å². The van der Waals surface area contributed by atoms with Crippen LogP contribution in [0.2, 0.25) is 0 Å². The second-order valence-corrected chi connectivity index (χ2v) is 6.12. The smallest absolute Gasteiger partial charge is 0.110 e. The Bertz CT molecular complexity index is 320. The number of rotatable bonds is 2. The maximum absolute atomic E-state index is 6.15. The maximum atomic E-state index is 6.15. The molecule has 0 radical (unpaired) electrons. The molecule has 2 nitrogen and oxygen atoms in total. The molecule has 1 aliphatic rings. The summed E-state index contributed by atoms with van der Waals surface area (Å²) in [6, 6.07) is 0.0694. The second-order valence-electron chi connectivity index (χ2n) is 5.23. The number of thiazole rings is 1. The summed E-state index contributed by atoms with van der Waals surface area (Å²) in [6.07, 6.45) is 2.63. The summed E-state index contributed by atoms with van der Waals surface area (Å²) in [4.78, 5) is 4.63. The van der Waals surface area contributed by atoms with Gasteiger partial charge in [0.2, 0.25) is 0 Å². The Hall–Kier alpha value is -0.410. The first-order chi connectivity index (χ1) is 6.48. The van der Waals surface area contributed by atoms with Gasteiger partial charge in [0.15, 0.2) is 0 Å². The van der Waals surface area contributed by atoms with E-state index in [9.17, 15) is 0 Å². The van der Waals surface area contributed by atoms with Crippen LogP contribution in [-0.2, 0) is 0 Å². The van der Waals surface area contributed by atoms with Crippen molar-refractivity contribution in [2.75, 3.05) is 0 Å². The van der Waals surface area contributed by atoms with E-state index in [0.717, 1.165) is 10.9 Å². The van der Waals surface area contributed by atoms with Crippen molar-refractivity contribution >= 4 is 11.3 Å². The molecule has 3 heteroatoms. The largest absolute Gasteiger partial charge is 0.322 e. The van der Waals surface area contributed by atoms with E-state index in [2.05, 4.69) is 31.1 Å². The Morgan fingerprint density at radius 2 is 2.14 bits per heavy atom. The van der Waals surface area contributed by atoms with Crippen LogP contribution in [-0.4, -0.2) is 4.98 Å². The molecule has 0 amide bonds. The van der Waals surface area contributed by atoms with Crippen molar-refractivity contribution in [1.29, 1.82) is 0 Å². The second kappa shape index (κ2) is 3.31. The summed E-state index contributed by atoms with van der Waals surface area (Å²) in [5, 5.41) is 3.28. The van der Waals surface area contributed by atoms with Crippen LogP contribution in [0.1, 0.15) is 56.3 Å². The van der Waals surface area contributed by atoms with Crippen molar-refractivity contribution in [3.63, 3.8) is 0 Å². The summed E-state index contributed by atoms with van der Waals surface area (Å²) in [5.74, 6) is 0.743. The molecule has 1 heterocycles. The van der Waals surface area contributed by atoms with Gasteiger partial charge in [0.25, 0.3) is 0 Å². The van der Waals surface area contributed by atoms with E-state index in [1.807, 2.05) is 0 Å². The number of nitrogens with two attached hydrogens (primary N) is 1. The first-order valence-corrected chi connectivity index (χ1v) is 6.07. The van der Waals surface area contributed by atoms with Crippen molar-refractivity contribution in [3.05, 3.63) is 16.1 Å². The minimum Gasteiger partial charge on any atom is -0.322 e. The molecule has 1 fully saturated rings. The van der Waals surface area contributed by atoms with E-state index in [1.165, 1.54) is 18.5 Å². The van der Waals surface area contributed by atoms with E-state index in [1.54, 1.807) is 11.3 Å². The molecular formula is C11H18N2S. The van der Waals surface area contributed by atoms with Crippen molar-refractivity contribution in [2.45, 2.75) is 45.6 Å². The van der Waals surface area contributed by atoms with Crippen LogP contribution >= 0.6 is 11.3 Å². The highest BCUT2D eigenvalue weighted by Crippen LogP contribution is 2.41. The minimum absolute atomic E-state index is 0.0694. The van der Waals surface area contributed by atoms with Crippen LogP contribution < -0.4 is 5.73 Å².